The van der Waals surface area contributed by atoms with E-state index in [-0.39, 0.29) is 23.1 Å². The second kappa shape index (κ2) is 19.4. The monoisotopic (exact) mass is 1060 g/mol. The Balaban J connectivity index is 1.44. The Morgan fingerprint density at radius 3 is 2.00 bits per heavy atom. The van der Waals surface area contributed by atoms with E-state index < -0.39 is 147 Å². The van der Waals surface area contributed by atoms with Crippen LogP contribution < -0.4 is 0 Å². The second-order valence-corrected chi connectivity index (χ2v) is 23.6. The van der Waals surface area contributed by atoms with Gasteiger partial charge in [0.15, 0.2) is 23.6 Å². The number of carbonyl (C=O) groups is 7. The molecule has 2 bridgehead atoms. The second-order valence-electron chi connectivity index (χ2n) is 21.1. The summed E-state index contributed by atoms with van der Waals surface area (Å²) in [6, 6.07) is 15.2. The summed E-state index contributed by atoms with van der Waals surface area (Å²) < 4.78 is 52.4. The number of esters is 4. The molecule has 2 saturated heterocycles. The minimum atomic E-state index is -2.50. The number of nitrogens with zero attached hydrogens (tertiary/aromatic N) is 1. The van der Waals surface area contributed by atoms with Crippen molar-refractivity contribution in [2.75, 3.05) is 13.2 Å². The van der Waals surface area contributed by atoms with Crippen molar-refractivity contribution in [1.82, 2.24) is 4.90 Å². The Morgan fingerprint density at radius 2 is 1.46 bits per heavy atom. The highest BCUT2D eigenvalue weighted by molar-refractivity contribution is 6.67. The number of rotatable bonds is 9. The van der Waals surface area contributed by atoms with Gasteiger partial charge in [0.1, 0.15) is 54.0 Å². The topological polar surface area (TPSA) is 226 Å². The van der Waals surface area contributed by atoms with Gasteiger partial charge in [0.25, 0.3) is 0 Å². The highest BCUT2D eigenvalue weighted by atomic mass is 35.6. The van der Waals surface area contributed by atoms with Crippen molar-refractivity contribution < 1.29 is 81.3 Å². The Morgan fingerprint density at radius 1 is 0.847 bits per heavy atom. The van der Waals surface area contributed by atoms with E-state index in [0.29, 0.717) is 5.56 Å². The normalized spacial score (nSPS) is 32.5. The maximum absolute atomic E-state index is 16.2. The smallest absolute Gasteiger partial charge is 0.456 e. The van der Waals surface area contributed by atoms with E-state index in [1.165, 1.54) is 30.9 Å². The van der Waals surface area contributed by atoms with Gasteiger partial charge in [0.2, 0.25) is 3.79 Å². The van der Waals surface area contributed by atoms with Gasteiger partial charge in [0.05, 0.1) is 23.5 Å². The Bertz CT molecular complexity index is 2520. The van der Waals surface area contributed by atoms with Crippen LogP contribution in [0.3, 0.4) is 0 Å². The largest absolute Gasteiger partial charge is 0.508 e. The summed E-state index contributed by atoms with van der Waals surface area (Å²) in [5.74, 6) is -6.47. The molecule has 72 heavy (non-hydrogen) atoms. The van der Waals surface area contributed by atoms with E-state index >= 15 is 9.59 Å². The van der Waals surface area contributed by atoms with Crippen LogP contribution in [0.4, 0.5) is 9.59 Å². The molecule has 0 radical (unpaired) electrons. The zero-order valence-corrected chi connectivity index (χ0v) is 44.0. The molecule has 0 aromatic heterocycles. The Hall–Kier alpha value is -4.98. The molecule has 18 nitrogen and oxygen atoms in total. The van der Waals surface area contributed by atoms with Crippen LogP contribution in [0.5, 0.6) is 0 Å². The lowest BCUT2D eigenvalue weighted by atomic mass is 9.44. The third-order valence-corrected chi connectivity index (χ3v) is 14.9. The molecule has 11 atom stereocenters. The SMILES string of the molecule is CC(=O)OC1C(=O)C2(C)C(OC(=O)OCC(Cl)(Cl)Cl)CC3OCC3(OC(C)=O)C2C(OC(=O)c2ccccc2)C2(O)CC(OC(=O)C3OC(C)(C)N(C(=O)OC(C)(C)C)C3c3ccccc3)C(C)=C1C2(C)C. The highest BCUT2D eigenvalue weighted by Gasteiger charge is 2.79. The van der Waals surface area contributed by atoms with Gasteiger partial charge in [-0.15, -0.1) is 0 Å². The van der Waals surface area contributed by atoms with Crippen molar-refractivity contribution in [2.24, 2.45) is 16.7 Å². The predicted octanol–water partition coefficient (Wildman–Crippen LogP) is 7.85. The molecule has 21 heteroatoms. The molecule has 392 valence electrons. The van der Waals surface area contributed by atoms with Crippen molar-refractivity contribution in [3.63, 3.8) is 0 Å². The number of hydrogen-bond donors (Lipinski definition) is 1. The molecule has 2 heterocycles. The zero-order valence-electron chi connectivity index (χ0n) is 41.8. The van der Waals surface area contributed by atoms with Crippen LogP contribution in [0.2, 0.25) is 0 Å². The number of halogens is 3. The van der Waals surface area contributed by atoms with Crippen LogP contribution in [0.1, 0.15) is 111 Å². The number of hydrogen-bond acceptors (Lipinski definition) is 17. The van der Waals surface area contributed by atoms with E-state index in [9.17, 15) is 29.1 Å². The summed E-state index contributed by atoms with van der Waals surface area (Å²) >= 11 is 17.7. The maximum atomic E-state index is 16.2. The number of aliphatic hydroxyl groups is 1. The average Bonchev–Trinajstić information content (AvgIpc) is 3.56. The first kappa shape index (κ1) is 54.8. The Kier molecular flexibility index (Phi) is 14.7. The van der Waals surface area contributed by atoms with Gasteiger partial charge in [-0.1, -0.05) is 97.2 Å². The fourth-order valence-corrected chi connectivity index (χ4v) is 11.5. The molecule has 11 unspecified atom stereocenters. The quantitative estimate of drug-likeness (QED) is 0.109. The van der Waals surface area contributed by atoms with Gasteiger partial charge in [-0.2, -0.15) is 0 Å². The number of Topliss-reactive ketones (excluding diaryl/α,β-unsaturated/α-hetero) is 1. The number of alkyl halides is 3. The standard InChI is InChI=1S/C51H60Cl3NO17/c1-26-31(67-42(60)37-35(29-18-14-12-15-19-29)55(47(9,10)71-37)43(61)72-45(4,5)6)23-50(63)40(69-41(59)30-20-16-13-17-21-30)38-48(11,39(58)36(66-27(2)56)34(26)46(50,7)8)32(68-44(62)65-25-51(52,53)54)22-33-49(38,24-64-33)70-28(3)57/h12-21,31-33,35-38,40,63H,22-25H2,1-11H3. The van der Waals surface area contributed by atoms with Crippen molar-refractivity contribution in [3.8, 4) is 0 Å². The summed E-state index contributed by atoms with van der Waals surface area (Å²) in [5, 5.41) is 14.1. The molecular weight excluding hydrogens is 1000 g/mol. The lowest BCUT2D eigenvalue weighted by Gasteiger charge is -2.67. The number of amides is 1. The van der Waals surface area contributed by atoms with Crippen LogP contribution in [0.15, 0.2) is 71.8 Å². The van der Waals surface area contributed by atoms with E-state index in [4.69, 9.17) is 77.4 Å². The molecule has 7 rings (SSSR count). The summed E-state index contributed by atoms with van der Waals surface area (Å²) in [7, 11) is 0. The first-order valence-corrected chi connectivity index (χ1v) is 24.5. The minimum absolute atomic E-state index is 0.0156. The van der Waals surface area contributed by atoms with Crippen LogP contribution >= 0.6 is 34.8 Å². The van der Waals surface area contributed by atoms with Gasteiger partial charge in [-0.05, 0) is 77.3 Å². The lowest BCUT2D eigenvalue weighted by Crippen LogP contribution is -2.82. The first-order valence-electron chi connectivity index (χ1n) is 23.4. The van der Waals surface area contributed by atoms with Gasteiger partial charge < -0.3 is 47.7 Å². The van der Waals surface area contributed by atoms with Crippen molar-refractivity contribution in [3.05, 3.63) is 82.9 Å². The fraction of sp³-hybridized carbons (Fsp3) is 0.588. The van der Waals surface area contributed by atoms with Crippen LogP contribution in [-0.2, 0) is 61.8 Å². The number of benzene rings is 2. The molecule has 0 spiro atoms. The highest BCUT2D eigenvalue weighted by Crippen LogP contribution is 2.65. The maximum Gasteiger partial charge on any atom is 0.508 e. The van der Waals surface area contributed by atoms with Gasteiger partial charge in [-0.3, -0.25) is 19.3 Å². The van der Waals surface area contributed by atoms with E-state index in [1.54, 1.807) is 97.0 Å². The molecule has 5 aliphatic rings. The molecule has 1 amide bonds. The van der Waals surface area contributed by atoms with Crippen LogP contribution in [0, 0.1) is 16.7 Å². The molecule has 2 aliphatic heterocycles. The van der Waals surface area contributed by atoms with Crippen molar-refractivity contribution in [1.29, 1.82) is 0 Å². The van der Waals surface area contributed by atoms with Gasteiger partial charge in [-0.25, -0.2) is 19.2 Å². The lowest BCUT2D eigenvalue weighted by molar-refractivity contribution is -0.346. The van der Waals surface area contributed by atoms with E-state index in [2.05, 4.69) is 0 Å². The number of fused-ring (bicyclic) bond motifs is 5. The number of carbonyl (C=O) groups excluding carboxylic acids is 7. The third-order valence-electron chi connectivity index (χ3n) is 14.5. The average molecular weight is 1070 g/mol. The number of ether oxygens (including phenoxy) is 9. The summed E-state index contributed by atoms with van der Waals surface area (Å²) in [6.45, 7) is 15.2. The molecule has 2 saturated carbocycles. The van der Waals surface area contributed by atoms with E-state index in [0.717, 1.165) is 13.8 Å². The van der Waals surface area contributed by atoms with Gasteiger partial charge >= 0.3 is 36.1 Å². The molecule has 3 aliphatic carbocycles. The fourth-order valence-electron chi connectivity index (χ4n) is 11.4. The first-order chi connectivity index (χ1) is 33.3. The molecular formula is C51H60Cl3NO17. The summed E-state index contributed by atoms with van der Waals surface area (Å²) in [4.78, 5) is 101. The predicted molar refractivity (Wildman–Crippen MR) is 255 cm³/mol. The summed E-state index contributed by atoms with van der Waals surface area (Å²) in [5.41, 5.74) is -10.2. The minimum Gasteiger partial charge on any atom is -0.456 e. The third kappa shape index (κ3) is 9.91. The summed E-state index contributed by atoms with van der Waals surface area (Å²) in [6.07, 6.45) is -12.9. The molecule has 2 aromatic rings. The van der Waals surface area contributed by atoms with Crippen molar-refractivity contribution >= 4 is 76.7 Å². The van der Waals surface area contributed by atoms with Gasteiger partial charge in [0, 0.05) is 32.1 Å². The zero-order chi connectivity index (χ0) is 53.3. The Labute approximate surface area is 432 Å². The molecule has 2 aromatic carbocycles. The van der Waals surface area contributed by atoms with Crippen molar-refractivity contribution in [2.45, 2.75) is 158 Å². The van der Waals surface area contributed by atoms with Crippen LogP contribution in [0.25, 0.3) is 0 Å². The molecule has 1 N–H and O–H groups in total. The van der Waals surface area contributed by atoms with E-state index in [1.807, 2.05) is 0 Å². The number of ketones is 1. The van der Waals surface area contributed by atoms with Crippen LogP contribution in [-0.4, -0.2) is 128 Å². The molecule has 4 fully saturated rings.